The van der Waals surface area contributed by atoms with E-state index in [2.05, 4.69) is 37.3 Å². The van der Waals surface area contributed by atoms with Crippen LogP contribution in [-0.2, 0) is 6.42 Å². The average molecular weight is 188 g/mol. The molecule has 74 valence electrons. The Balaban J connectivity index is 2.20. The Morgan fingerprint density at radius 2 is 2.21 bits per heavy atom. The van der Waals surface area contributed by atoms with Crippen LogP contribution < -0.4 is 4.74 Å². The first-order valence-electron chi connectivity index (χ1n) is 5.31. The number of fused-ring (bicyclic) bond motifs is 1. The SMILES string of the molecule is CCCC1C=CCc2ccccc2O1. The molecular weight excluding hydrogens is 172 g/mol. The zero-order chi connectivity index (χ0) is 9.80. The van der Waals surface area contributed by atoms with Crippen LogP contribution in [-0.4, -0.2) is 6.10 Å². The smallest absolute Gasteiger partial charge is 0.123 e. The number of rotatable bonds is 2. The van der Waals surface area contributed by atoms with E-state index in [1.54, 1.807) is 0 Å². The van der Waals surface area contributed by atoms with Crippen LogP contribution in [0.4, 0.5) is 0 Å². The van der Waals surface area contributed by atoms with E-state index in [4.69, 9.17) is 4.74 Å². The Labute approximate surface area is 85.4 Å². The van der Waals surface area contributed by atoms with Crippen LogP contribution in [0.25, 0.3) is 0 Å². The van der Waals surface area contributed by atoms with Crippen molar-refractivity contribution in [2.24, 2.45) is 0 Å². The van der Waals surface area contributed by atoms with Gasteiger partial charge in [-0.2, -0.15) is 0 Å². The predicted molar refractivity (Wildman–Crippen MR) is 58.6 cm³/mol. The Kier molecular flexibility index (Phi) is 2.87. The first kappa shape index (κ1) is 9.32. The van der Waals surface area contributed by atoms with Crippen molar-refractivity contribution in [3.05, 3.63) is 42.0 Å². The number of benzene rings is 1. The fraction of sp³-hybridized carbons (Fsp3) is 0.385. The third-order valence-electron chi connectivity index (χ3n) is 2.51. The normalized spacial score (nSPS) is 19.6. The molecule has 0 amide bonds. The van der Waals surface area contributed by atoms with Crippen LogP contribution in [0.3, 0.4) is 0 Å². The van der Waals surface area contributed by atoms with Gasteiger partial charge < -0.3 is 4.74 Å². The molecule has 0 aliphatic carbocycles. The summed E-state index contributed by atoms with van der Waals surface area (Å²) in [5, 5.41) is 0. The van der Waals surface area contributed by atoms with E-state index in [0.29, 0.717) is 0 Å². The molecule has 1 atom stereocenters. The molecular formula is C13H16O. The topological polar surface area (TPSA) is 9.23 Å². The zero-order valence-electron chi connectivity index (χ0n) is 8.57. The first-order chi connectivity index (χ1) is 6.90. The number of hydrogen-bond donors (Lipinski definition) is 0. The minimum atomic E-state index is 0.267. The van der Waals surface area contributed by atoms with Crippen LogP contribution in [0, 0.1) is 0 Å². The molecule has 1 heterocycles. The molecule has 0 fully saturated rings. The summed E-state index contributed by atoms with van der Waals surface area (Å²) < 4.78 is 5.91. The minimum Gasteiger partial charge on any atom is -0.486 e. The number of para-hydroxylation sites is 1. The van der Waals surface area contributed by atoms with Gasteiger partial charge in [-0.1, -0.05) is 37.6 Å². The second-order valence-electron chi connectivity index (χ2n) is 3.68. The zero-order valence-corrected chi connectivity index (χ0v) is 8.57. The van der Waals surface area contributed by atoms with E-state index in [1.165, 1.54) is 5.56 Å². The highest BCUT2D eigenvalue weighted by Crippen LogP contribution is 2.24. The van der Waals surface area contributed by atoms with E-state index in [1.807, 2.05) is 6.07 Å². The van der Waals surface area contributed by atoms with Gasteiger partial charge in [0.1, 0.15) is 11.9 Å². The van der Waals surface area contributed by atoms with Gasteiger partial charge >= 0.3 is 0 Å². The van der Waals surface area contributed by atoms with Crippen molar-refractivity contribution in [3.63, 3.8) is 0 Å². The molecule has 2 rings (SSSR count). The van der Waals surface area contributed by atoms with Gasteiger partial charge in [0.2, 0.25) is 0 Å². The van der Waals surface area contributed by atoms with E-state index in [0.717, 1.165) is 25.0 Å². The Bertz CT molecular complexity index is 328. The third kappa shape index (κ3) is 1.98. The van der Waals surface area contributed by atoms with Gasteiger partial charge in [-0.3, -0.25) is 0 Å². The van der Waals surface area contributed by atoms with Crippen molar-refractivity contribution in [1.82, 2.24) is 0 Å². The summed E-state index contributed by atoms with van der Waals surface area (Å²) in [7, 11) is 0. The van der Waals surface area contributed by atoms with Crippen LogP contribution in [0.5, 0.6) is 5.75 Å². The van der Waals surface area contributed by atoms with Gasteiger partial charge in [-0.15, -0.1) is 0 Å². The Morgan fingerprint density at radius 3 is 3.07 bits per heavy atom. The molecule has 14 heavy (non-hydrogen) atoms. The van der Waals surface area contributed by atoms with Crippen LogP contribution in [0.1, 0.15) is 25.3 Å². The highest BCUT2D eigenvalue weighted by atomic mass is 16.5. The summed E-state index contributed by atoms with van der Waals surface area (Å²) in [6.07, 6.45) is 7.93. The number of ether oxygens (including phenoxy) is 1. The van der Waals surface area contributed by atoms with Crippen molar-refractivity contribution in [1.29, 1.82) is 0 Å². The lowest BCUT2D eigenvalue weighted by atomic mass is 10.1. The second-order valence-corrected chi connectivity index (χ2v) is 3.68. The fourth-order valence-corrected chi connectivity index (χ4v) is 1.78. The number of hydrogen-bond acceptors (Lipinski definition) is 1. The second kappa shape index (κ2) is 4.32. The summed E-state index contributed by atoms with van der Waals surface area (Å²) in [5.74, 6) is 1.05. The standard InChI is InChI=1S/C13H16O/c1-2-6-12-9-5-8-11-7-3-4-10-13(11)14-12/h3-5,7,9-10,12H,2,6,8H2,1H3. The lowest BCUT2D eigenvalue weighted by Gasteiger charge is -2.14. The maximum atomic E-state index is 5.91. The summed E-state index contributed by atoms with van der Waals surface area (Å²) in [6, 6.07) is 8.29. The van der Waals surface area contributed by atoms with E-state index in [9.17, 15) is 0 Å². The van der Waals surface area contributed by atoms with Gasteiger partial charge in [-0.05, 0) is 30.5 Å². The van der Waals surface area contributed by atoms with Crippen LogP contribution in [0.15, 0.2) is 36.4 Å². The van der Waals surface area contributed by atoms with Gasteiger partial charge in [-0.25, -0.2) is 0 Å². The summed E-state index contributed by atoms with van der Waals surface area (Å²) in [6.45, 7) is 2.19. The van der Waals surface area contributed by atoms with Crippen molar-refractivity contribution < 1.29 is 4.74 Å². The molecule has 0 saturated heterocycles. The Morgan fingerprint density at radius 1 is 1.36 bits per heavy atom. The van der Waals surface area contributed by atoms with Gasteiger partial charge in [0.15, 0.2) is 0 Å². The summed E-state index contributed by atoms with van der Waals surface area (Å²) in [4.78, 5) is 0. The monoisotopic (exact) mass is 188 g/mol. The quantitative estimate of drug-likeness (QED) is 0.647. The molecule has 1 aliphatic rings. The predicted octanol–water partition coefficient (Wildman–Crippen LogP) is 3.35. The lowest BCUT2D eigenvalue weighted by molar-refractivity contribution is 0.238. The van der Waals surface area contributed by atoms with Crippen molar-refractivity contribution >= 4 is 0 Å². The van der Waals surface area contributed by atoms with Gasteiger partial charge in [0.25, 0.3) is 0 Å². The van der Waals surface area contributed by atoms with Crippen molar-refractivity contribution in [2.75, 3.05) is 0 Å². The van der Waals surface area contributed by atoms with Crippen LogP contribution >= 0.6 is 0 Å². The molecule has 1 aliphatic heterocycles. The minimum absolute atomic E-state index is 0.267. The fourth-order valence-electron chi connectivity index (χ4n) is 1.78. The van der Waals surface area contributed by atoms with E-state index >= 15 is 0 Å². The van der Waals surface area contributed by atoms with E-state index < -0.39 is 0 Å². The lowest BCUT2D eigenvalue weighted by Crippen LogP contribution is -2.12. The van der Waals surface area contributed by atoms with E-state index in [-0.39, 0.29) is 6.10 Å². The molecule has 1 aromatic carbocycles. The molecule has 0 spiro atoms. The molecule has 1 heteroatoms. The van der Waals surface area contributed by atoms with Crippen molar-refractivity contribution in [2.45, 2.75) is 32.3 Å². The average Bonchev–Trinajstić information content (AvgIpc) is 2.40. The maximum absolute atomic E-state index is 5.91. The molecule has 0 aromatic heterocycles. The molecule has 1 nitrogen and oxygen atoms in total. The van der Waals surface area contributed by atoms with Crippen molar-refractivity contribution in [3.8, 4) is 5.75 Å². The molecule has 1 unspecified atom stereocenters. The largest absolute Gasteiger partial charge is 0.486 e. The van der Waals surface area contributed by atoms with Gasteiger partial charge in [0.05, 0.1) is 0 Å². The highest BCUT2D eigenvalue weighted by Gasteiger charge is 2.11. The summed E-state index contributed by atoms with van der Waals surface area (Å²) >= 11 is 0. The molecule has 0 N–H and O–H groups in total. The number of allylic oxidation sites excluding steroid dienone is 1. The molecule has 0 bridgehead atoms. The molecule has 0 saturated carbocycles. The van der Waals surface area contributed by atoms with Gasteiger partial charge in [0, 0.05) is 0 Å². The molecule has 0 radical (unpaired) electrons. The molecule has 1 aromatic rings. The highest BCUT2D eigenvalue weighted by molar-refractivity contribution is 5.36. The third-order valence-corrected chi connectivity index (χ3v) is 2.51. The first-order valence-corrected chi connectivity index (χ1v) is 5.31. The van der Waals surface area contributed by atoms with Crippen LogP contribution in [0.2, 0.25) is 0 Å². The Hall–Kier alpha value is -1.24. The maximum Gasteiger partial charge on any atom is 0.123 e. The summed E-state index contributed by atoms with van der Waals surface area (Å²) in [5.41, 5.74) is 1.29.